The van der Waals surface area contributed by atoms with Gasteiger partial charge in [-0.25, -0.2) is 0 Å². The highest BCUT2D eigenvalue weighted by Crippen LogP contribution is 2.30. The lowest BCUT2D eigenvalue weighted by Gasteiger charge is -2.15. The summed E-state index contributed by atoms with van der Waals surface area (Å²) in [5.41, 5.74) is 3.15. The van der Waals surface area contributed by atoms with E-state index in [0.29, 0.717) is 6.54 Å². The van der Waals surface area contributed by atoms with Crippen LogP contribution in [0.1, 0.15) is 23.9 Å². The molecule has 1 aliphatic rings. The molecule has 5 nitrogen and oxygen atoms in total. The first-order chi connectivity index (χ1) is 12.2. The first-order valence-corrected chi connectivity index (χ1v) is 8.89. The predicted molar refractivity (Wildman–Crippen MR) is 96.1 cm³/mol. The van der Waals surface area contributed by atoms with Gasteiger partial charge in [-0.3, -0.25) is 14.9 Å². The van der Waals surface area contributed by atoms with Crippen molar-refractivity contribution in [2.24, 2.45) is 5.92 Å². The van der Waals surface area contributed by atoms with Crippen LogP contribution in [0.15, 0.2) is 47.3 Å². The van der Waals surface area contributed by atoms with E-state index in [0.717, 1.165) is 43.0 Å². The smallest absolute Gasteiger partial charge is 0.134 e. The van der Waals surface area contributed by atoms with Crippen LogP contribution in [0.2, 0.25) is 0 Å². The second-order valence-corrected chi connectivity index (χ2v) is 6.78. The standard InChI is InChI=1S/C20H23N3O2/c1-2-19-17(16-5-3-4-6-20(16)25-19)12-23-11-14(18(24)13-23)9-15-10-21-7-8-22-15/h3-8,10,14,18,24H,2,9,11-13H2,1H3/t14-,18-/m1/s1. The number of rotatable bonds is 5. The SMILES string of the molecule is CCc1oc2ccccc2c1CN1C[C@@H](Cc2cnccn2)[C@H](O)C1. The highest BCUT2D eigenvalue weighted by atomic mass is 16.3. The number of β-amino-alcohol motifs (C(OH)–C–C–N with tert-alkyl or cyclic N) is 1. The van der Waals surface area contributed by atoms with Crippen LogP contribution in [0.5, 0.6) is 0 Å². The maximum atomic E-state index is 10.5. The fourth-order valence-electron chi connectivity index (χ4n) is 3.81. The highest BCUT2D eigenvalue weighted by molar-refractivity contribution is 5.82. The Labute approximate surface area is 147 Å². The van der Waals surface area contributed by atoms with E-state index >= 15 is 0 Å². The van der Waals surface area contributed by atoms with E-state index < -0.39 is 0 Å². The molecule has 0 radical (unpaired) electrons. The Morgan fingerprint density at radius 1 is 1.24 bits per heavy atom. The number of furan rings is 1. The third-order valence-corrected chi connectivity index (χ3v) is 5.05. The normalized spacial score (nSPS) is 21.2. The molecule has 1 N–H and O–H groups in total. The van der Waals surface area contributed by atoms with Crippen molar-refractivity contribution in [2.45, 2.75) is 32.4 Å². The minimum absolute atomic E-state index is 0.194. The lowest BCUT2D eigenvalue weighted by molar-refractivity contribution is 0.140. The second kappa shape index (κ2) is 6.94. The molecule has 0 saturated carbocycles. The van der Waals surface area contributed by atoms with Gasteiger partial charge in [0.1, 0.15) is 11.3 Å². The van der Waals surface area contributed by atoms with Gasteiger partial charge in [0.15, 0.2) is 0 Å². The Kier molecular flexibility index (Phi) is 4.51. The minimum atomic E-state index is -0.328. The van der Waals surface area contributed by atoms with Gasteiger partial charge in [0.25, 0.3) is 0 Å². The van der Waals surface area contributed by atoms with E-state index in [4.69, 9.17) is 4.42 Å². The van der Waals surface area contributed by atoms with E-state index in [-0.39, 0.29) is 12.0 Å². The molecule has 0 unspecified atom stereocenters. The van der Waals surface area contributed by atoms with Crippen LogP contribution in [0.4, 0.5) is 0 Å². The number of para-hydroxylation sites is 1. The molecule has 2 aromatic heterocycles. The number of likely N-dealkylation sites (tertiary alicyclic amines) is 1. The molecular formula is C20H23N3O2. The van der Waals surface area contributed by atoms with Crippen molar-refractivity contribution in [3.05, 3.63) is 59.9 Å². The summed E-state index contributed by atoms with van der Waals surface area (Å²) in [6.45, 7) is 4.49. The lowest BCUT2D eigenvalue weighted by Crippen LogP contribution is -2.21. The third kappa shape index (κ3) is 3.30. The van der Waals surface area contributed by atoms with E-state index in [1.165, 1.54) is 10.9 Å². The van der Waals surface area contributed by atoms with Crippen molar-refractivity contribution < 1.29 is 9.52 Å². The van der Waals surface area contributed by atoms with Crippen LogP contribution in [0, 0.1) is 5.92 Å². The molecular weight excluding hydrogens is 314 g/mol. The molecule has 1 aromatic carbocycles. The Morgan fingerprint density at radius 2 is 2.12 bits per heavy atom. The first-order valence-electron chi connectivity index (χ1n) is 8.89. The quantitative estimate of drug-likeness (QED) is 0.776. The lowest BCUT2D eigenvalue weighted by atomic mass is 10.0. The number of nitrogens with zero attached hydrogens (tertiary/aromatic N) is 3. The van der Waals surface area contributed by atoms with Gasteiger partial charge in [0.2, 0.25) is 0 Å². The van der Waals surface area contributed by atoms with Crippen molar-refractivity contribution in [3.8, 4) is 0 Å². The summed E-state index contributed by atoms with van der Waals surface area (Å²) >= 11 is 0. The molecule has 1 aliphatic heterocycles. The molecule has 0 spiro atoms. The van der Waals surface area contributed by atoms with Crippen LogP contribution >= 0.6 is 0 Å². The van der Waals surface area contributed by atoms with Gasteiger partial charge in [-0.1, -0.05) is 25.1 Å². The summed E-state index contributed by atoms with van der Waals surface area (Å²) in [6, 6.07) is 8.20. The highest BCUT2D eigenvalue weighted by Gasteiger charge is 2.32. The topological polar surface area (TPSA) is 62.4 Å². The van der Waals surface area contributed by atoms with Gasteiger partial charge in [-0.05, 0) is 12.5 Å². The van der Waals surface area contributed by atoms with Crippen molar-refractivity contribution in [1.29, 1.82) is 0 Å². The van der Waals surface area contributed by atoms with Gasteiger partial charge in [0, 0.05) is 61.5 Å². The summed E-state index contributed by atoms with van der Waals surface area (Å²) in [5.74, 6) is 1.24. The molecule has 3 aromatic rings. The van der Waals surface area contributed by atoms with Gasteiger partial charge >= 0.3 is 0 Å². The molecule has 0 bridgehead atoms. The largest absolute Gasteiger partial charge is 0.461 e. The second-order valence-electron chi connectivity index (χ2n) is 6.78. The Hall–Kier alpha value is -2.24. The average molecular weight is 337 g/mol. The zero-order valence-corrected chi connectivity index (χ0v) is 14.4. The average Bonchev–Trinajstić information content (AvgIpc) is 3.16. The minimum Gasteiger partial charge on any atom is -0.461 e. The summed E-state index contributed by atoms with van der Waals surface area (Å²) in [5, 5.41) is 11.7. The molecule has 2 atom stereocenters. The molecule has 1 fully saturated rings. The number of aromatic nitrogens is 2. The number of aliphatic hydroxyl groups excluding tert-OH is 1. The molecule has 0 aliphatic carbocycles. The maximum absolute atomic E-state index is 10.5. The summed E-state index contributed by atoms with van der Waals surface area (Å²) in [7, 11) is 0. The van der Waals surface area contributed by atoms with Gasteiger partial charge < -0.3 is 9.52 Å². The van der Waals surface area contributed by atoms with Crippen molar-refractivity contribution in [1.82, 2.24) is 14.9 Å². The van der Waals surface area contributed by atoms with E-state index in [9.17, 15) is 5.11 Å². The Balaban J connectivity index is 1.51. The van der Waals surface area contributed by atoms with Crippen LogP contribution in [-0.4, -0.2) is 39.2 Å². The predicted octanol–water partition coefficient (Wildman–Crippen LogP) is 2.82. The maximum Gasteiger partial charge on any atom is 0.134 e. The Morgan fingerprint density at radius 3 is 2.92 bits per heavy atom. The van der Waals surface area contributed by atoms with E-state index in [2.05, 4.69) is 33.9 Å². The van der Waals surface area contributed by atoms with Crippen LogP contribution in [0.3, 0.4) is 0 Å². The molecule has 25 heavy (non-hydrogen) atoms. The van der Waals surface area contributed by atoms with Gasteiger partial charge in [-0.15, -0.1) is 0 Å². The van der Waals surface area contributed by atoms with E-state index in [1.807, 2.05) is 12.1 Å². The number of aryl methyl sites for hydroxylation is 1. The van der Waals surface area contributed by atoms with Crippen molar-refractivity contribution >= 4 is 11.0 Å². The summed E-state index contributed by atoms with van der Waals surface area (Å²) in [4.78, 5) is 10.8. The summed E-state index contributed by atoms with van der Waals surface area (Å²) in [6.07, 6.45) is 6.48. The fourth-order valence-corrected chi connectivity index (χ4v) is 3.81. The fraction of sp³-hybridized carbons (Fsp3) is 0.400. The number of hydrogen-bond donors (Lipinski definition) is 1. The van der Waals surface area contributed by atoms with E-state index in [1.54, 1.807) is 18.6 Å². The number of hydrogen-bond acceptors (Lipinski definition) is 5. The molecule has 4 rings (SSSR count). The molecule has 3 heterocycles. The summed E-state index contributed by atoms with van der Waals surface area (Å²) < 4.78 is 6.00. The van der Waals surface area contributed by atoms with Gasteiger partial charge in [-0.2, -0.15) is 0 Å². The molecule has 1 saturated heterocycles. The number of benzene rings is 1. The van der Waals surface area contributed by atoms with Crippen LogP contribution in [0.25, 0.3) is 11.0 Å². The zero-order chi connectivity index (χ0) is 17.2. The van der Waals surface area contributed by atoms with Crippen LogP contribution in [-0.2, 0) is 19.4 Å². The van der Waals surface area contributed by atoms with Crippen molar-refractivity contribution in [3.63, 3.8) is 0 Å². The molecule has 130 valence electrons. The number of aliphatic hydroxyl groups is 1. The first kappa shape index (κ1) is 16.2. The monoisotopic (exact) mass is 337 g/mol. The van der Waals surface area contributed by atoms with Crippen LogP contribution < -0.4 is 0 Å². The molecule has 5 heteroatoms. The number of fused-ring (bicyclic) bond motifs is 1. The molecule has 0 amide bonds. The van der Waals surface area contributed by atoms with Gasteiger partial charge in [0.05, 0.1) is 11.8 Å². The zero-order valence-electron chi connectivity index (χ0n) is 14.4. The Bertz CT molecular complexity index is 847. The third-order valence-electron chi connectivity index (χ3n) is 5.05. The van der Waals surface area contributed by atoms with Crippen molar-refractivity contribution in [2.75, 3.05) is 13.1 Å².